The second-order valence-corrected chi connectivity index (χ2v) is 9.21. The van der Waals surface area contributed by atoms with Crippen LogP contribution in [0.3, 0.4) is 0 Å². The number of fused-ring (bicyclic) bond motifs is 4. The smallest absolute Gasteiger partial charge is 0.407 e. The third kappa shape index (κ3) is 4.42. The van der Waals surface area contributed by atoms with E-state index in [0.717, 1.165) is 22.3 Å². The summed E-state index contributed by atoms with van der Waals surface area (Å²) in [4.78, 5) is 55.3. The molecular weight excluding hydrogens is 496 g/mol. The molecule has 1 aliphatic heterocycles. The first kappa shape index (κ1) is 24.1. The summed E-state index contributed by atoms with van der Waals surface area (Å²) in [7, 11) is 0. The lowest BCUT2D eigenvalue weighted by atomic mass is 9.98. The van der Waals surface area contributed by atoms with Gasteiger partial charge in [-0.15, -0.1) is 0 Å². The maximum absolute atomic E-state index is 12.7. The van der Waals surface area contributed by atoms with Crippen LogP contribution in [0.2, 0.25) is 0 Å². The van der Waals surface area contributed by atoms with Gasteiger partial charge in [0.25, 0.3) is 11.8 Å². The standard InChI is InChI=1S/C31H22N2O6/c34-28-25-14-5-6-15-26(25)29(35)33(28)39-30(36)20-9-7-8-19(16-20)17-32-31(37)38-18-27-23-12-3-1-10-21(23)22-11-2-4-13-24(22)27/h1-16,27H,17-18H2,(H,32,37). The zero-order valence-corrected chi connectivity index (χ0v) is 20.6. The first-order valence-electron chi connectivity index (χ1n) is 12.4. The van der Waals surface area contributed by atoms with Crippen molar-refractivity contribution in [3.05, 3.63) is 130 Å². The Balaban J connectivity index is 1.06. The van der Waals surface area contributed by atoms with E-state index in [0.29, 0.717) is 10.6 Å². The molecule has 4 aromatic carbocycles. The molecule has 4 aromatic rings. The molecule has 0 atom stereocenters. The van der Waals surface area contributed by atoms with E-state index in [2.05, 4.69) is 17.4 Å². The van der Waals surface area contributed by atoms with Crippen molar-refractivity contribution < 1.29 is 28.8 Å². The van der Waals surface area contributed by atoms with Gasteiger partial charge in [-0.05, 0) is 52.1 Å². The maximum Gasteiger partial charge on any atom is 0.407 e. The number of rotatable bonds is 6. The number of nitrogens with one attached hydrogen (secondary N) is 1. The van der Waals surface area contributed by atoms with Gasteiger partial charge in [0.2, 0.25) is 0 Å². The molecule has 1 N–H and O–H groups in total. The Morgan fingerprint density at radius 1 is 0.718 bits per heavy atom. The van der Waals surface area contributed by atoms with Gasteiger partial charge in [-0.2, -0.15) is 0 Å². The molecule has 0 radical (unpaired) electrons. The molecule has 0 spiro atoms. The monoisotopic (exact) mass is 518 g/mol. The van der Waals surface area contributed by atoms with Crippen molar-refractivity contribution in [3.63, 3.8) is 0 Å². The van der Waals surface area contributed by atoms with Crippen molar-refractivity contribution in [2.45, 2.75) is 12.5 Å². The minimum Gasteiger partial charge on any atom is -0.449 e. The lowest BCUT2D eigenvalue weighted by molar-refractivity contribution is -0.0584. The molecule has 39 heavy (non-hydrogen) atoms. The first-order valence-corrected chi connectivity index (χ1v) is 12.4. The fourth-order valence-corrected chi connectivity index (χ4v) is 5.02. The quantitative estimate of drug-likeness (QED) is 0.357. The predicted octanol–water partition coefficient (Wildman–Crippen LogP) is 5.09. The molecule has 0 saturated heterocycles. The fourth-order valence-electron chi connectivity index (χ4n) is 5.02. The molecule has 192 valence electrons. The van der Waals surface area contributed by atoms with Crippen LogP contribution in [0.1, 0.15) is 53.7 Å². The van der Waals surface area contributed by atoms with Crippen LogP contribution >= 0.6 is 0 Å². The number of amides is 3. The summed E-state index contributed by atoms with van der Waals surface area (Å²) < 4.78 is 5.56. The molecule has 8 nitrogen and oxygen atoms in total. The van der Waals surface area contributed by atoms with Gasteiger partial charge < -0.3 is 14.9 Å². The second-order valence-electron chi connectivity index (χ2n) is 9.21. The number of alkyl carbamates (subject to hydrolysis) is 1. The molecule has 3 amide bonds. The Kier molecular flexibility index (Phi) is 6.13. The fraction of sp³-hybridized carbons (Fsp3) is 0.0968. The molecule has 6 rings (SSSR count). The van der Waals surface area contributed by atoms with Crippen molar-refractivity contribution in [1.29, 1.82) is 0 Å². The van der Waals surface area contributed by atoms with Crippen molar-refractivity contribution in [2.24, 2.45) is 0 Å². The van der Waals surface area contributed by atoms with Crippen molar-refractivity contribution >= 4 is 23.9 Å². The molecule has 2 aliphatic rings. The van der Waals surface area contributed by atoms with Gasteiger partial charge in [-0.3, -0.25) is 9.59 Å². The summed E-state index contributed by atoms with van der Waals surface area (Å²) >= 11 is 0. The van der Waals surface area contributed by atoms with E-state index < -0.39 is 23.9 Å². The SMILES string of the molecule is O=C(NCc1cccc(C(=O)ON2C(=O)c3ccccc3C2=O)c1)OCC1c2ccccc2-c2ccccc21. The van der Waals surface area contributed by atoms with Gasteiger partial charge in [0.15, 0.2) is 0 Å². The third-order valence-corrected chi connectivity index (χ3v) is 6.87. The minimum atomic E-state index is -0.868. The Morgan fingerprint density at radius 2 is 1.28 bits per heavy atom. The lowest BCUT2D eigenvalue weighted by Gasteiger charge is -2.15. The Morgan fingerprint density at radius 3 is 1.90 bits per heavy atom. The number of hydroxylamine groups is 2. The number of hydrogen-bond acceptors (Lipinski definition) is 6. The molecule has 0 fully saturated rings. The topological polar surface area (TPSA) is 102 Å². The van der Waals surface area contributed by atoms with Crippen LogP contribution in [0.5, 0.6) is 0 Å². The molecule has 0 unspecified atom stereocenters. The van der Waals surface area contributed by atoms with Crippen LogP contribution in [-0.2, 0) is 16.1 Å². The van der Waals surface area contributed by atoms with Crippen LogP contribution < -0.4 is 5.32 Å². The highest BCUT2D eigenvalue weighted by molar-refractivity contribution is 6.21. The molecular formula is C31H22N2O6. The van der Waals surface area contributed by atoms with Crippen LogP contribution in [0.25, 0.3) is 11.1 Å². The number of carbonyl (C=O) groups excluding carboxylic acids is 4. The summed E-state index contributed by atoms with van der Waals surface area (Å²) in [6, 6.07) is 28.8. The predicted molar refractivity (Wildman–Crippen MR) is 141 cm³/mol. The number of imide groups is 1. The maximum atomic E-state index is 12.7. The largest absolute Gasteiger partial charge is 0.449 e. The number of benzene rings is 4. The summed E-state index contributed by atoms with van der Waals surface area (Å²) in [5.41, 5.74) is 5.62. The van der Waals surface area contributed by atoms with Crippen LogP contribution in [-0.4, -0.2) is 35.5 Å². The molecule has 0 bridgehead atoms. The summed E-state index contributed by atoms with van der Waals surface area (Å²) in [5.74, 6) is -2.31. The summed E-state index contributed by atoms with van der Waals surface area (Å²) in [5, 5.41) is 3.17. The lowest BCUT2D eigenvalue weighted by Crippen LogP contribution is -2.32. The highest BCUT2D eigenvalue weighted by Gasteiger charge is 2.38. The molecule has 1 aliphatic carbocycles. The zero-order valence-electron chi connectivity index (χ0n) is 20.6. The molecule has 1 heterocycles. The van der Waals surface area contributed by atoms with Gasteiger partial charge in [-0.25, -0.2) is 9.59 Å². The van der Waals surface area contributed by atoms with Crippen LogP contribution in [0.4, 0.5) is 4.79 Å². The zero-order chi connectivity index (χ0) is 26.9. The van der Waals surface area contributed by atoms with E-state index in [1.54, 1.807) is 24.3 Å². The van der Waals surface area contributed by atoms with Crippen LogP contribution in [0, 0.1) is 0 Å². The van der Waals surface area contributed by atoms with Gasteiger partial charge in [0, 0.05) is 12.5 Å². The van der Waals surface area contributed by atoms with Gasteiger partial charge >= 0.3 is 12.1 Å². The average molecular weight is 519 g/mol. The van der Waals surface area contributed by atoms with E-state index in [4.69, 9.17) is 9.57 Å². The number of nitrogens with zero attached hydrogens (tertiary/aromatic N) is 1. The first-order chi connectivity index (χ1) is 19.0. The van der Waals surface area contributed by atoms with E-state index >= 15 is 0 Å². The minimum absolute atomic E-state index is 0.0524. The molecule has 0 saturated carbocycles. The van der Waals surface area contributed by atoms with Crippen molar-refractivity contribution in [3.8, 4) is 11.1 Å². The molecule has 0 aromatic heterocycles. The highest BCUT2D eigenvalue weighted by atomic mass is 16.7. The highest BCUT2D eigenvalue weighted by Crippen LogP contribution is 2.44. The van der Waals surface area contributed by atoms with Crippen molar-refractivity contribution in [1.82, 2.24) is 10.4 Å². The van der Waals surface area contributed by atoms with E-state index in [-0.39, 0.29) is 35.8 Å². The van der Waals surface area contributed by atoms with Crippen molar-refractivity contribution in [2.75, 3.05) is 6.61 Å². The second kappa shape index (κ2) is 9.90. The number of carbonyl (C=O) groups is 4. The Labute approximate surface area is 223 Å². The Bertz CT molecular complexity index is 1570. The van der Waals surface area contributed by atoms with E-state index in [1.807, 2.05) is 36.4 Å². The van der Waals surface area contributed by atoms with Crippen LogP contribution in [0.15, 0.2) is 97.1 Å². The van der Waals surface area contributed by atoms with Gasteiger partial charge in [0.1, 0.15) is 6.61 Å². The number of hydrogen-bond donors (Lipinski definition) is 1. The Hall–Kier alpha value is -5.24. The summed E-state index contributed by atoms with van der Waals surface area (Å²) in [6.45, 7) is 0.289. The normalized spacial score (nSPS) is 13.5. The third-order valence-electron chi connectivity index (χ3n) is 6.87. The van der Waals surface area contributed by atoms with E-state index in [9.17, 15) is 19.2 Å². The van der Waals surface area contributed by atoms with E-state index in [1.165, 1.54) is 24.3 Å². The van der Waals surface area contributed by atoms with Gasteiger partial charge in [-0.1, -0.05) is 77.9 Å². The summed E-state index contributed by atoms with van der Waals surface area (Å²) in [6.07, 6.45) is -0.587. The number of ether oxygens (including phenoxy) is 1. The average Bonchev–Trinajstić information content (AvgIpc) is 3.42. The molecule has 8 heteroatoms. The van der Waals surface area contributed by atoms with Gasteiger partial charge in [0.05, 0.1) is 16.7 Å².